The fourth-order valence-corrected chi connectivity index (χ4v) is 1.74. The number of nitrogens with one attached hydrogen (secondary N) is 1. The van der Waals surface area contributed by atoms with Crippen molar-refractivity contribution in [3.8, 4) is 0 Å². The van der Waals surface area contributed by atoms with Crippen molar-refractivity contribution in [2.75, 3.05) is 6.61 Å². The maximum absolute atomic E-state index is 12.8. The summed E-state index contributed by atoms with van der Waals surface area (Å²) in [5.41, 5.74) is 0.544. The van der Waals surface area contributed by atoms with Gasteiger partial charge in [0.25, 0.3) is 0 Å². The molecule has 2 atom stereocenters. The first-order valence-electron chi connectivity index (χ1n) is 5.82. The third-order valence-electron chi connectivity index (χ3n) is 2.67. The zero-order valence-electron chi connectivity index (χ0n) is 10.4. The number of carbonyl (C=O) groups is 1. The quantitative estimate of drug-likeness (QED) is 0.837. The zero-order valence-corrected chi connectivity index (χ0v) is 10.4. The number of benzene rings is 1. The Morgan fingerprint density at radius 1 is 1.32 bits per heavy atom. The summed E-state index contributed by atoms with van der Waals surface area (Å²) in [6.45, 7) is 0.630. The smallest absolute Gasteiger partial charge is 0.394 e. The van der Waals surface area contributed by atoms with Crippen LogP contribution >= 0.6 is 0 Å². The number of alkyl halides is 3. The van der Waals surface area contributed by atoms with E-state index in [4.69, 9.17) is 0 Å². The largest absolute Gasteiger partial charge is 0.404 e. The van der Waals surface area contributed by atoms with Crippen LogP contribution in [-0.2, 0) is 4.79 Å². The SMILES string of the molecule is CC(=O)C[C@@H](N[C@@H](CO)c1ccccc1)C(F)(F)F. The summed E-state index contributed by atoms with van der Waals surface area (Å²) in [7, 11) is 0. The molecule has 0 bridgehead atoms. The molecular formula is C13H16F3NO2. The summed E-state index contributed by atoms with van der Waals surface area (Å²) in [5, 5.41) is 11.5. The third kappa shape index (κ3) is 5.00. The van der Waals surface area contributed by atoms with Gasteiger partial charge in [0.1, 0.15) is 11.8 Å². The monoisotopic (exact) mass is 275 g/mol. The Balaban J connectivity index is 2.84. The van der Waals surface area contributed by atoms with E-state index in [1.54, 1.807) is 30.3 Å². The van der Waals surface area contributed by atoms with Crippen LogP contribution in [0.2, 0.25) is 0 Å². The molecule has 0 unspecified atom stereocenters. The van der Waals surface area contributed by atoms with E-state index in [-0.39, 0.29) is 0 Å². The first-order valence-corrected chi connectivity index (χ1v) is 5.82. The molecule has 2 N–H and O–H groups in total. The second kappa shape index (κ2) is 6.68. The molecule has 0 radical (unpaired) electrons. The number of hydrogen-bond acceptors (Lipinski definition) is 3. The summed E-state index contributed by atoms with van der Waals surface area (Å²) in [6.07, 6.45) is -5.18. The first kappa shape index (κ1) is 15.7. The average molecular weight is 275 g/mol. The molecule has 0 amide bonds. The zero-order chi connectivity index (χ0) is 14.5. The molecule has 19 heavy (non-hydrogen) atoms. The van der Waals surface area contributed by atoms with Crippen molar-refractivity contribution in [2.24, 2.45) is 0 Å². The van der Waals surface area contributed by atoms with Gasteiger partial charge in [-0.2, -0.15) is 13.2 Å². The number of Topliss-reactive ketones (excluding diaryl/α,β-unsaturated/α-hetero) is 1. The van der Waals surface area contributed by atoms with Crippen LogP contribution in [0, 0.1) is 0 Å². The van der Waals surface area contributed by atoms with Crippen molar-refractivity contribution in [2.45, 2.75) is 31.6 Å². The predicted octanol–water partition coefficient (Wildman–Crippen LogP) is 2.22. The maximum Gasteiger partial charge on any atom is 0.404 e. The number of aliphatic hydroxyl groups is 1. The van der Waals surface area contributed by atoms with E-state index >= 15 is 0 Å². The van der Waals surface area contributed by atoms with Gasteiger partial charge in [-0.05, 0) is 12.5 Å². The molecule has 0 saturated carbocycles. The summed E-state index contributed by atoms with van der Waals surface area (Å²) in [4.78, 5) is 10.9. The van der Waals surface area contributed by atoms with E-state index in [0.717, 1.165) is 6.92 Å². The molecule has 0 spiro atoms. The van der Waals surface area contributed by atoms with Crippen molar-refractivity contribution < 1.29 is 23.1 Å². The van der Waals surface area contributed by atoms with Gasteiger partial charge >= 0.3 is 6.18 Å². The van der Waals surface area contributed by atoms with Crippen LogP contribution in [0.25, 0.3) is 0 Å². The molecule has 0 aliphatic heterocycles. The number of rotatable bonds is 6. The van der Waals surface area contributed by atoms with Crippen LogP contribution in [0.15, 0.2) is 30.3 Å². The van der Waals surface area contributed by atoms with Gasteiger partial charge in [-0.1, -0.05) is 30.3 Å². The molecule has 0 aliphatic rings. The predicted molar refractivity (Wildman–Crippen MR) is 64.5 cm³/mol. The lowest BCUT2D eigenvalue weighted by molar-refractivity contribution is -0.163. The van der Waals surface area contributed by atoms with Crippen LogP contribution in [0.1, 0.15) is 24.9 Å². The average Bonchev–Trinajstić information content (AvgIpc) is 2.33. The highest BCUT2D eigenvalue weighted by Crippen LogP contribution is 2.25. The molecule has 106 valence electrons. The molecule has 0 fully saturated rings. The molecule has 0 heterocycles. The lowest BCUT2D eigenvalue weighted by Crippen LogP contribution is -2.46. The van der Waals surface area contributed by atoms with E-state index in [2.05, 4.69) is 5.32 Å². The van der Waals surface area contributed by atoms with Gasteiger partial charge in [-0.3, -0.25) is 10.1 Å². The highest BCUT2D eigenvalue weighted by Gasteiger charge is 2.41. The van der Waals surface area contributed by atoms with Crippen molar-refractivity contribution >= 4 is 5.78 Å². The number of aliphatic hydroxyl groups excluding tert-OH is 1. The molecule has 1 aromatic rings. The number of carbonyl (C=O) groups excluding carboxylic acids is 1. The van der Waals surface area contributed by atoms with Crippen molar-refractivity contribution in [3.05, 3.63) is 35.9 Å². The molecule has 0 saturated heterocycles. The van der Waals surface area contributed by atoms with Gasteiger partial charge in [-0.15, -0.1) is 0 Å². The van der Waals surface area contributed by atoms with Crippen LogP contribution in [0.3, 0.4) is 0 Å². The highest BCUT2D eigenvalue weighted by molar-refractivity contribution is 5.76. The second-order valence-corrected chi connectivity index (χ2v) is 4.31. The maximum atomic E-state index is 12.8. The van der Waals surface area contributed by atoms with Gasteiger partial charge in [0.2, 0.25) is 0 Å². The summed E-state index contributed by atoms with van der Waals surface area (Å²) in [5.74, 6) is -0.556. The van der Waals surface area contributed by atoms with Crippen LogP contribution < -0.4 is 5.32 Å². The van der Waals surface area contributed by atoms with Gasteiger partial charge in [0, 0.05) is 6.42 Å². The Morgan fingerprint density at radius 3 is 2.32 bits per heavy atom. The van der Waals surface area contributed by atoms with Crippen molar-refractivity contribution in [3.63, 3.8) is 0 Å². The van der Waals surface area contributed by atoms with E-state index in [0.29, 0.717) is 5.56 Å². The summed E-state index contributed by atoms with van der Waals surface area (Å²) >= 11 is 0. The number of halogens is 3. The fourth-order valence-electron chi connectivity index (χ4n) is 1.74. The van der Waals surface area contributed by atoms with Crippen LogP contribution in [-0.4, -0.2) is 29.7 Å². The number of ketones is 1. The van der Waals surface area contributed by atoms with E-state index in [1.165, 1.54) is 0 Å². The Hall–Kier alpha value is -1.40. The summed E-state index contributed by atoms with van der Waals surface area (Å²) < 4.78 is 38.4. The minimum Gasteiger partial charge on any atom is -0.394 e. The van der Waals surface area contributed by atoms with E-state index in [9.17, 15) is 23.1 Å². The minimum absolute atomic E-state index is 0.478. The van der Waals surface area contributed by atoms with Gasteiger partial charge < -0.3 is 5.11 Å². The fraction of sp³-hybridized carbons (Fsp3) is 0.462. The normalized spacial score (nSPS) is 15.0. The lowest BCUT2D eigenvalue weighted by atomic mass is 10.0. The molecule has 0 aliphatic carbocycles. The topological polar surface area (TPSA) is 49.3 Å². The molecule has 6 heteroatoms. The van der Waals surface area contributed by atoms with E-state index in [1.807, 2.05) is 0 Å². The van der Waals surface area contributed by atoms with Crippen molar-refractivity contribution in [1.82, 2.24) is 5.32 Å². The lowest BCUT2D eigenvalue weighted by Gasteiger charge is -2.26. The van der Waals surface area contributed by atoms with Gasteiger partial charge in [-0.25, -0.2) is 0 Å². The van der Waals surface area contributed by atoms with Crippen LogP contribution in [0.4, 0.5) is 13.2 Å². The van der Waals surface area contributed by atoms with Gasteiger partial charge in [0.05, 0.1) is 12.6 Å². The number of hydrogen-bond donors (Lipinski definition) is 2. The van der Waals surface area contributed by atoms with Crippen LogP contribution in [0.5, 0.6) is 0 Å². The molecule has 1 aromatic carbocycles. The first-order chi connectivity index (χ1) is 8.84. The molecule has 3 nitrogen and oxygen atoms in total. The molecule has 0 aromatic heterocycles. The Bertz CT molecular complexity index is 406. The van der Waals surface area contributed by atoms with Crippen molar-refractivity contribution in [1.29, 1.82) is 0 Å². The highest BCUT2D eigenvalue weighted by atomic mass is 19.4. The Morgan fingerprint density at radius 2 is 1.89 bits per heavy atom. The third-order valence-corrected chi connectivity index (χ3v) is 2.67. The Labute approximate surface area is 109 Å². The second-order valence-electron chi connectivity index (χ2n) is 4.31. The minimum atomic E-state index is -4.53. The van der Waals surface area contributed by atoms with Gasteiger partial charge in [0.15, 0.2) is 0 Å². The van der Waals surface area contributed by atoms with E-state index < -0.39 is 37.1 Å². The Kier molecular flexibility index (Phi) is 5.50. The molecular weight excluding hydrogens is 259 g/mol. The summed E-state index contributed by atoms with van der Waals surface area (Å²) in [6, 6.07) is 5.51. The standard InChI is InChI=1S/C13H16F3NO2/c1-9(19)7-12(13(14,15)16)17-11(8-18)10-5-3-2-4-6-10/h2-6,11-12,17-18H,7-8H2,1H3/t11-,12+/m0/s1. The molecule has 1 rings (SSSR count).